The second-order valence-corrected chi connectivity index (χ2v) is 8.27. The molecule has 1 rings (SSSR count). The van der Waals surface area contributed by atoms with Gasteiger partial charge in [0.25, 0.3) is 0 Å². The van der Waals surface area contributed by atoms with Gasteiger partial charge in [-0.1, -0.05) is 41.5 Å². The number of aryl methyl sites for hydroxylation is 1. The third kappa shape index (κ3) is 5.63. The Morgan fingerprint density at radius 1 is 1.09 bits per heavy atom. The van der Waals surface area contributed by atoms with E-state index < -0.39 is 5.97 Å². The number of carboxylic acids is 1. The lowest BCUT2D eigenvalue weighted by Gasteiger charge is -2.44. The van der Waals surface area contributed by atoms with E-state index in [1.54, 1.807) is 0 Å². The van der Waals surface area contributed by atoms with Crippen molar-refractivity contribution in [2.45, 2.75) is 79.7 Å². The van der Waals surface area contributed by atoms with Gasteiger partial charge in [-0.15, -0.1) is 0 Å². The fraction of sp³-hybridized carbons (Fsp3) is 0.700. The molecule has 0 bridgehead atoms. The highest BCUT2D eigenvalue weighted by molar-refractivity contribution is 5.66. The highest BCUT2D eigenvalue weighted by atomic mass is 16.4. The van der Waals surface area contributed by atoms with Gasteiger partial charge in [-0.25, -0.2) is 4.57 Å². The van der Waals surface area contributed by atoms with Gasteiger partial charge in [0.1, 0.15) is 6.54 Å². The Kier molecular flexibility index (Phi) is 6.79. The molecular weight excluding hydrogens is 286 g/mol. The summed E-state index contributed by atoms with van der Waals surface area (Å²) in [6.45, 7) is 14.9. The number of nitrogens with zero attached hydrogens (tertiary/aromatic N) is 1. The van der Waals surface area contributed by atoms with Gasteiger partial charge >= 0.3 is 5.97 Å². The summed E-state index contributed by atoms with van der Waals surface area (Å²) >= 11 is 0. The largest absolute Gasteiger partial charge is 0.481 e. The van der Waals surface area contributed by atoms with Gasteiger partial charge in [-0.3, -0.25) is 4.79 Å². The van der Waals surface area contributed by atoms with Gasteiger partial charge in [0.15, 0.2) is 12.4 Å². The molecule has 0 radical (unpaired) electrons. The molecule has 1 unspecified atom stereocenters. The van der Waals surface area contributed by atoms with Crippen LogP contribution in [0.5, 0.6) is 0 Å². The average Bonchev–Trinajstić information content (AvgIpc) is 2.45. The van der Waals surface area contributed by atoms with Crippen LogP contribution in [-0.4, -0.2) is 11.1 Å². The number of rotatable bonds is 8. The summed E-state index contributed by atoms with van der Waals surface area (Å²) in [4.78, 5) is 10.5. The van der Waals surface area contributed by atoms with Crippen LogP contribution in [0.15, 0.2) is 24.5 Å². The van der Waals surface area contributed by atoms with Crippen molar-refractivity contribution in [2.75, 3.05) is 0 Å². The second-order valence-electron chi connectivity index (χ2n) is 8.27. The van der Waals surface area contributed by atoms with Crippen molar-refractivity contribution in [1.29, 1.82) is 0 Å². The lowest BCUT2D eigenvalue weighted by atomic mass is 9.61. The number of carboxylic acid groups (broad SMARTS) is 1. The predicted molar refractivity (Wildman–Crippen MR) is 94.4 cm³/mol. The van der Waals surface area contributed by atoms with Gasteiger partial charge in [0, 0.05) is 25.0 Å². The maximum atomic E-state index is 10.5. The standard InChI is InChI=1S/C20H33NO2/c1-16(20(5,6)19(2,3)4)17-11-14-21(15-12-17)13-9-7-8-10-18(22)23/h11-12,14-16H,7-10,13H2,1-6H3/p+1. The minimum Gasteiger partial charge on any atom is -0.481 e. The number of aromatic nitrogens is 1. The highest BCUT2D eigenvalue weighted by Gasteiger charge is 2.38. The molecule has 0 aliphatic carbocycles. The smallest absolute Gasteiger partial charge is 0.303 e. The van der Waals surface area contributed by atoms with Crippen LogP contribution in [0.2, 0.25) is 0 Å². The van der Waals surface area contributed by atoms with Crippen LogP contribution in [0.25, 0.3) is 0 Å². The first-order chi connectivity index (χ1) is 10.6. The first-order valence-corrected chi connectivity index (χ1v) is 8.76. The van der Waals surface area contributed by atoms with E-state index in [0.29, 0.717) is 5.92 Å². The maximum Gasteiger partial charge on any atom is 0.303 e. The lowest BCUT2D eigenvalue weighted by Crippen LogP contribution is -2.36. The van der Waals surface area contributed by atoms with Crippen LogP contribution < -0.4 is 4.57 Å². The molecule has 1 heterocycles. The first kappa shape index (κ1) is 19.7. The molecule has 3 nitrogen and oxygen atoms in total. The van der Waals surface area contributed by atoms with Crippen LogP contribution in [-0.2, 0) is 11.3 Å². The van der Waals surface area contributed by atoms with Crippen molar-refractivity contribution in [3.63, 3.8) is 0 Å². The molecule has 1 N–H and O–H groups in total. The summed E-state index contributed by atoms with van der Waals surface area (Å²) in [6, 6.07) is 4.46. The summed E-state index contributed by atoms with van der Waals surface area (Å²) < 4.78 is 2.20. The molecule has 130 valence electrons. The molecule has 23 heavy (non-hydrogen) atoms. The molecule has 0 saturated carbocycles. The minimum atomic E-state index is -0.697. The summed E-state index contributed by atoms with van der Waals surface area (Å²) in [7, 11) is 0. The van der Waals surface area contributed by atoms with Gasteiger partial charge in [-0.05, 0) is 35.2 Å². The first-order valence-electron chi connectivity index (χ1n) is 8.76. The van der Waals surface area contributed by atoms with Gasteiger partial charge in [0.05, 0.1) is 0 Å². The molecule has 0 aromatic carbocycles. The van der Waals surface area contributed by atoms with Crippen molar-refractivity contribution in [1.82, 2.24) is 0 Å². The molecule has 1 aromatic heterocycles. The monoisotopic (exact) mass is 320 g/mol. The number of pyridine rings is 1. The molecule has 0 amide bonds. The van der Waals surface area contributed by atoms with Gasteiger partial charge in [0.2, 0.25) is 0 Å². The fourth-order valence-corrected chi connectivity index (χ4v) is 2.72. The number of hydrogen-bond donors (Lipinski definition) is 1. The molecule has 3 heteroatoms. The highest BCUT2D eigenvalue weighted by Crippen LogP contribution is 2.48. The summed E-state index contributed by atoms with van der Waals surface area (Å²) in [6.07, 6.45) is 7.35. The molecule has 1 atom stereocenters. The topological polar surface area (TPSA) is 41.2 Å². The van der Waals surface area contributed by atoms with Crippen LogP contribution >= 0.6 is 0 Å². The molecular formula is C20H34NO2+. The van der Waals surface area contributed by atoms with Crippen molar-refractivity contribution in [3.8, 4) is 0 Å². The quantitative estimate of drug-likeness (QED) is 0.552. The number of hydrogen-bond acceptors (Lipinski definition) is 1. The Bertz CT molecular complexity index is 497. The molecule has 0 aliphatic heterocycles. The van der Waals surface area contributed by atoms with Crippen LogP contribution in [0.4, 0.5) is 0 Å². The zero-order chi connectivity index (χ0) is 17.7. The van der Waals surface area contributed by atoms with Crippen molar-refractivity contribution < 1.29 is 14.5 Å². The summed E-state index contributed by atoms with van der Waals surface area (Å²) in [5, 5.41) is 8.63. The van der Waals surface area contributed by atoms with E-state index in [1.807, 2.05) is 0 Å². The normalized spacial score (nSPS) is 13.8. The Hall–Kier alpha value is -1.38. The molecule has 0 fully saturated rings. The number of carbonyl (C=O) groups is 1. The number of aliphatic carboxylic acids is 1. The van der Waals surface area contributed by atoms with E-state index in [0.717, 1.165) is 25.8 Å². The SMILES string of the molecule is CC(c1cc[n+](CCCCCC(=O)O)cc1)C(C)(C)C(C)(C)C. The van der Waals surface area contributed by atoms with E-state index in [9.17, 15) is 4.79 Å². The van der Waals surface area contributed by atoms with E-state index in [2.05, 4.69) is 70.6 Å². The second kappa shape index (κ2) is 7.94. The third-order valence-electron chi connectivity index (χ3n) is 5.74. The Morgan fingerprint density at radius 2 is 1.65 bits per heavy atom. The molecule has 0 spiro atoms. The number of unbranched alkanes of at least 4 members (excludes halogenated alkanes) is 2. The van der Waals surface area contributed by atoms with E-state index in [4.69, 9.17) is 5.11 Å². The van der Waals surface area contributed by atoms with Crippen LogP contribution in [0.3, 0.4) is 0 Å². The van der Waals surface area contributed by atoms with Crippen molar-refractivity contribution in [3.05, 3.63) is 30.1 Å². The summed E-state index contributed by atoms with van der Waals surface area (Å²) in [5.41, 5.74) is 1.85. The van der Waals surface area contributed by atoms with Crippen LogP contribution in [0.1, 0.15) is 78.7 Å². The third-order valence-corrected chi connectivity index (χ3v) is 5.74. The average molecular weight is 320 g/mol. The van der Waals surface area contributed by atoms with Crippen molar-refractivity contribution in [2.24, 2.45) is 10.8 Å². The maximum absolute atomic E-state index is 10.5. The summed E-state index contributed by atoms with van der Waals surface area (Å²) in [5.74, 6) is -0.204. The fourth-order valence-electron chi connectivity index (χ4n) is 2.72. The van der Waals surface area contributed by atoms with Gasteiger partial charge in [-0.2, -0.15) is 0 Å². The van der Waals surface area contributed by atoms with Gasteiger partial charge < -0.3 is 5.11 Å². The zero-order valence-electron chi connectivity index (χ0n) is 15.7. The predicted octanol–water partition coefficient (Wildman–Crippen LogP) is 4.79. The molecule has 0 aliphatic rings. The zero-order valence-corrected chi connectivity index (χ0v) is 15.7. The lowest BCUT2D eigenvalue weighted by molar-refractivity contribution is -0.697. The Morgan fingerprint density at radius 3 is 2.13 bits per heavy atom. The Labute approximate surface area is 141 Å². The van der Waals surface area contributed by atoms with E-state index in [1.165, 1.54) is 5.56 Å². The minimum absolute atomic E-state index is 0.218. The van der Waals surface area contributed by atoms with Crippen LogP contribution in [0, 0.1) is 10.8 Å². The van der Waals surface area contributed by atoms with Crippen molar-refractivity contribution >= 4 is 5.97 Å². The Balaban J connectivity index is 2.58. The van der Waals surface area contributed by atoms with E-state index >= 15 is 0 Å². The van der Waals surface area contributed by atoms with E-state index in [-0.39, 0.29) is 17.3 Å². The molecule has 0 saturated heterocycles. The molecule has 1 aromatic rings.